The van der Waals surface area contributed by atoms with Crippen molar-refractivity contribution in [3.05, 3.63) is 23.2 Å². The number of nitrogens with zero attached hydrogens (tertiary/aromatic N) is 1. The lowest BCUT2D eigenvalue weighted by Gasteiger charge is -2.24. The monoisotopic (exact) mass is 278 g/mol. The Bertz CT molecular complexity index is 425. The van der Waals surface area contributed by atoms with Crippen molar-refractivity contribution in [2.75, 3.05) is 26.2 Å². The number of nitrogens with one attached hydrogen (secondary N) is 1. The van der Waals surface area contributed by atoms with E-state index in [2.05, 4.69) is 44.0 Å². The third-order valence-corrected chi connectivity index (χ3v) is 4.38. The van der Waals surface area contributed by atoms with E-state index in [-0.39, 0.29) is 0 Å². The van der Waals surface area contributed by atoms with Crippen molar-refractivity contribution >= 4 is 0 Å². The van der Waals surface area contributed by atoms with Gasteiger partial charge in [-0.05, 0) is 64.7 Å². The molecule has 3 heteroatoms. The molecule has 0 spiro atoms. The summed E-state index contributed by atoms with van der Waals surface area (Å²) >= 11 is 0. The summed E-state index contributed by atoms with van der Waals surface area (Å²) in [5.41, 5.74) is 1.36. The highest BCUT2D eigenvalue weighted by molar-refractivity contribution is 5.23. The van der Waals surface area contributed by atoms with Crippen LogP contribution in [-0.4, -0.2) is 31.1 Å². The summed E-state index contributed by atoms with van der Waals surface area (Å²) in [4.78, 5) is 2.60. The quantitative estimate of drug-likeness (QED) is 0.863. The SMILES string of the molecule is Cc1cc(C(C)N2CCC(CNCC(C)C)C2)c(C)o1. The van der Waals surface area contributed by atoms with E-state index in [9.17, 15) is 0 Å². The predicted molar refractivity (Wildman–Crippen MR) is 84.0 cm³/mol. The first-order valence-corrected chi connectivity index (χ1v) is 7.99. The molecule has 0 bridgehead atoms. The maximum atomic E-state index is 5.67. The summed E-state index contributed by atoms with van der Waals surface area (Å²) in [5.74, 6) is 3.64. The fourth-order valence-corrected chi connectivity index (χ4v) is 3.22. The Morgan fingerprint density at radius 3 is 2.70 bits per heavy atom. The highest BCUT2D eigenvalue weighted by Crippen LogP contribution is 2.30. The zero-order valence-corrected chi connectivity index (χ0v) is 13.7. The van der Waals surface area contributed by atoms with Crippen molar-refractivity contribution in [2.24, 2.45) is 11.8 Å². The van der Waals surface area contributed by atoms with Gasteiger partial charge in [-0.1, -0.05) is 13.8 Å². The lowest BCUT2D eigenvalue weighted by Crippen LogP contribution is -2.29. The lowest BCUT2D eigenvalue weighted by atomic mass is 10.1. The highest BCUT2D eigenvalue weighted by atomic mass is 16.3. The molecule has 1 aromatic rings. The molecule has 20 heavy (non-hydrogen) atoms. The summed E-state index contributed by atoms with van der Waals surface area (Å²) < 4.78 is 5.67. The van der Waals surface area contributed by atoms with Crippen LogP contribution in [0.1, 0.15) is 50.3 Å². The van der Waals surface area contributed by atoms with Crippen LogP contribution in [0.3, 0.4) is 0 Å². The Morgan fingerprint density at radius 1 is 1.35 bits per heavy atom. The van der Waals surface area contributed by atoms with Gasteiger partial charge in [0.25, 0.3) is 0 Å². The van der Waals surface area contributed by atoms with Crippen molar-refractivity contribution < 1.29 is 4.42 Å². The van der Waals surface area contributed by atoms with Crippen molar-refractivity contribution in [1.82, 2.24) is 10.2 Å². The molecule has 0 aliphatic carbocycles. The van der Waals surface area contributed by atoms with Crippen LogP contribution in [-0.2, 0) is 0 Å². The van der Waals surface area contributed by atoms with E-state index in [1.54, 1.807) is 0 Å². The van der Waals surface area contributed by atoms with Gasteiger partial charge in [0.2, 0.25) is 0 Å². The molecule has 2 unspecified atom stereocenters. The van der Waals surface area contributed by atoms with E-state index >= 15 is 0 Å². The Labute approximate surface area is 123 Å². The molecular weight excluding hydrogens is 248 g/mol. The predicted octanol–water partition coefficient (Wildman–Crippen LogP) is 3.52. The molecule has 0 amide bonds. The molecule has 0 saturated carbocycles. The van der Waals surface area contributed by atoms with Gasteiger partial charge in [-0.15, -0.1) is 0 Å². The summed E-state index contributed by atoms with van der Waals surface area (Å²) in [6.45, 7) is 15.6. The zero-order chi connectivity index (χ0) is 14.7. The maximum absolute atomic E-state index is 5.67. The number of hydrogen-bond donors (Lipinski definition) is 1. The average molecular weight is 278 g/mol. The summed E-state index contributed by atoms with van der Waals surface area (Å²) in [6.07, 6.45) is 1.31. The van der Waals surface area contributed by atoms with Crippen molar-refractivity contribution in [3.63, 3.8) is 0 Å². The van der Waals surface area contributed by atoms with Crippen LogP contribution in [0.5, 0.6) is 0 Å². The second kappa shape index (κ2) is 6.77. The summed E-state index contributed by atoms with van der Waals surface area (Å²) in [7, 11) is 0. The number of likely N-dealkylation sites (tertiary alicyclic amines) is 1. The Morgan fingerprint density at radius 2 is 2.10 bits per heavy atom. The second-order valence-electron chi connectivity index (χ2n) is 6.75. The molecular formula is C17H30N2O. The first-order chi connectivity index (χ1) is 9.47. The van der Waals surface area contributed by atoms with Crippen LogP contribution in [0.2, 0.25) is 0 Å². The van der Waals surface area contributed by atoms with Crippen LogP contribution in [0.15, 0.2) is 10.5 Å². The molecule has 1 aromatic heterocycles. The van der Waals surface area contributed by atoms with Gasteiger partial charge < -0.3 is 9.73 Å². The minimum atomic E-state index is 0.475. The topological polar surface area (TPSA) is 28.4 Å². The molecule has 0 aromatic carbocycles. The molecule has 1 saturated heterocycles. The van der Waals surface area contributed by atoms with E-state index in [1.165, 1.54) is 25.1 Å². The molecule has 1 N–H and O–H groups in total. The Kier molecular flexibility index (Phi) is 5.28. The molecule has 1 aliphatic rings. The van der Waals surface area contributed by atoms with Gasteiger partial charge in [0.15, 0.2) is 0 Å². The van der Waals surface area contributed by atoms with Gasteiger partial charge in [0.1, 0.15) is 11.5 Å². The number of rotatable bonds is 6. The summed E-state index contributed by atoms with van der Waals surface area (Å²) in [6, 6.07) is 2.67. The standard InChI is InChI=1S/C17H30N2O/c1-12(2)9-18-10-16-6-7-19(11-16)14(4)17-8-13(3)20-15(17)5/h8,12,14,16,18H,6-7,9-11H2,1-5H3. The van der Waals surface area contributed by atoms with Crippen LogP contribution in [0.4, 0.5) is 0 Å². The maximum Gasteiger partial charge on any atom is 0.105 e. The van der Waals surface area contributed by atoms with Crippen LogP contribution < -0.4 is 5.32 Å². The van der Waals surface area contributed by atoms with E-state index < -0.39 is 0 Å². The van der Waals surface area contributed by atoms with Gasteiger partial charge in [-0.25, -0.2) is 0 Å². The van der Waals surface area contributed by atoms with Crippen LogP contribution in [0, 0.1) is 25.7 Å². The van der Waals surface area contributed by atoms with Crippen LogP contribution in [0.25, 0.3) is 0 Å². The third kappa shape index (κ3) is 3.86. The fraction of sp³-hybridized carbons (Fsp3) is 0.765. The fourth-order valence-electron chi connectivity index (χ4n) is 3.22. The third-order valence-electron chi connectivity index (χ3n) is 4.38. The van der Waals surface area contributed by atoms with Crippen LogP contribution >= 0.6 is 0 Å². The first-order valence-electron chi connectivity index (χ1n) is 7.99. The molecule has 0 radical (unpaired) electrons. The highest BCUT2D eigenvalue weighted by Gasteiger charge is 2.28. The minimum Gasteiger partial charge on any atom is -0.466 e. The minimum absolute atomic E-state index is 0.475. The van der Waals surface area contributed by atoms with Crippen molar-refractivity contribution in [1.29, 1.82) is 0 Å². The molecule has 1 fully saturated rings. The lowest BCUT2D eigenvalue weighted by molar-refractivity contribution is 0.249. The average Bonchev–Trinajstić information content (AvgIpc) is 2.95. The first kappa shape index (κ1) is 15.6. The summed E-state index contributed by atoms with van der Waals surface area (Å²) in [5, 5.41) is 3.60. The van der Waals surface area contributed by atoms with Gasteiger partial charge in [-0.2, -0.15) is 0 Å². The molecule has 1 aliphatic heterocycles. The Balaban J connectivity index is 1.84. The van der Waals surface area contributed by atoms with Crippen molar-refractivity contribution in [3.8, 4) is 0 Å². The Hall–Kier alpha value is -0.800. The zero-order valence-electron chi connectivity index (χ0n) is 13.7. The van der Waals surface area contributed by atoms with Crippen molar-refractivity contribution in [2.45, 2.75) is 47.1 Å². The second-order valence-corrected chi connectivity index (χ2v) is 6.75. The smallest absolute Gasteiger partial charge is 0.105 e. The van der Waals surface area contributed by atoms with Gasteiger partial charge in [-0.3, -0.25) is 4.90 Å². The van der Waals surface area contributed by atoms with E-state index in [0.29, 0.717) is 6.04 Å². The molecule has 2 rings (SSSR count). The normalized spacial score (nSPS) is 21.8. The molecule has 2 atom stereocenters. The molecule has 3 nitrogen and oxygen atoms in total. The largest absolute Gasteiger partial charge is 0.466 e. The number of furan rings is 1. The van der Waals surface area contributed by atoms with E-state index in [1.807, 2.05) is 6.92 Å². The van der Waals surface area contributed by atoms with Gasteiger partial charge in [0.05, 0.1) is 0 Å². The molecule has 114 valence electrons. The van der Waals surface area contributed by atoms with E-state index in [0.717, 1.165) is 36.4 Å². The van der Waals surface area contributed by atoms with Gasteiger partial charge >= 0.3 is 0 Å². The number of aryl methyl sites for hydroxylation is 2. The number of hydrogen-bond acceptors (Lipinski definition) is 3. The van der Waals surface area contributed by atoms with Gasteiger partial charge in [0, 0.05) is 18.2 Å². The molecule has 2 heterocycles. The van der Waals surface area contributed by atoms with E-state index in [4.69, 9.17) is 4.42 Å².